The maximum Gasteiger partial charge on any atom is 0.164 e. The summed E-state index contributed by atoms with van der Waals surface area (Å²) in [6, 6.07) is 72.8. The molecule has 0 radical (unpaired) electrons. The summed E-state index contributed by atoms with van der Waals surface area (Å²) in [5, 5.41) is 0. The van der Waals surface area contributed by atoms with Gasteiger partial charge in [0.25, 0.3) is 0 Å². The van der Waals surface area contributed by atoms with Crippen LogP contribution in [0.25, 0.3) is 56.4 Å². The number of benzene rings is 8. The third-order valence-electron chi connectivity index (χ3n) is 12.4. The van der Waals surface area contributed by atoms with Gasteiger partial charge in [-0.25, -0.2) is 15.0 Å². The van der Waals surface area contributed by atoms with Gasteiger partial charge in [0.1, 0.15) is 0 Å². The average Bonchev–Trinajstić information content (AvgIpc) is 3.75. The molecule has 0 aliphatic heterocycles. The minimum absolute atomic E-state index is 0.462. The van der Waals surface area contributed by atoms with Gasteiger partial charge in [0.15, 0.2) is 17.5 Å². The van der Waals surface area contributed by atoms with Crippen LogP contribution in [0.2, 0.25) is 0 Å². The maximum atomic E-state index is 5.13. The predicted molar refractivity (Wildman–Crippen MR) is 224 cm³/mol. The number of nitrogens with zero attached hydrogens (tertiary/aromatic N) is 3. The molecule has 0 amide bonds. The average molecular weight is 712 g/mol. The highest BCUT2D eigenvalue weighted by atomic mass is 15.0. The Morgan fingerprint density at radius 3 is 1.32 bits per heavy atom. The first-order valence-corrected chi connectivity index (χ1v) is 19.3. The molecule has 12 rings (SSSR count). The molecule has 1 spiro atoms. The summed E-state index contributed by atoms with van der Waals surface area (Å²) in [5.74, 6) is 1.97. The zero-order valence-electron chi connectivity index (χ0n) is 30.4. The van der Waals surface area contributed by atoms with Crippen molar-refractivity contribution in [2.24, 2.45) is 0 Å². The lowest BCUT2D eigenvalue weighted by Gasteiger charge is -2.48. The molecule has 0 fully saturated rings. The standard InChI is InChI=1S/C53H33N3/c1-4-17-34(18-5-1)49-54-50(35-19-6-2-7-20-35)56-51(55-49)36-31-32-44-41(33-36)39-24-11-13-27-43(39)53(44)46-29-15-14-28-45(46)52(37-21-8-3-9-22-37)42-26-12-10-23-38(42)40-25-16-30-47(53)48(40)52/h1-33H. The summed E-state index contributed by atoms with van der Waals surface area (Å²) < 4.78 is 0. The molecule has 3 heteroatoms. The fourth-order valence-electron chi connectivity index (χ4n) is 10.3. The van der Waals surface area contributed by atoms with Crippen LogP contribution in [0.3, 0.4) is 0 Å². The van der Waals surface area contributed by atoms with Gasteiger partial charge in [-0.1, -0.05) is 194 Å². The lowest BCUT2D eigenvalue weighted by Crippen LogP contribution is -2.43. The molecule has 9 aromatic rings. The van der Waals surface area contributed by atoms with Crippen molar-refractivity contribution in [3.63, 3.8) is 0 Å². The molecular formula is C53H33N3. The molecule has 3 aliphatic carbocycles. The number of rotatable bonds is 4. The molecule has 3 nitrogen and oxygen atoms in total. The Morgan fingerprint density at radius 1 is 0.268 bits per heavy atom. The molecule has 0 N–H and O–H groups in total. The highest BCUT2D eigenvalue weighted by Gasteiger charge is 2.59. The monoisotopic (exact) mass is 711 g/mol. The van der Waals surface area contributed by atoms with Crippen molar-refractivity contribution in [2.75, 3.05) is 0 Å². The summed E-state index contributed by atoms with van der Waals surface area (Å²) >= 11 is 0. The summed E-state index contributed by atoms with van der Waals surface area (Å²) in [7, 11) is 0. The van der Waals surface area contributed by atoms with E-state index in [0.29, 0.717) is 17.5 Å². The molecule has 2 atom stereocenters. The number of fused-ring (bicyclic) bond motifs is 12. The van der Waals surface area contributed by atoms with E-state index in [-0.39, 0.29) is 0 Å². The molecular weight excluding hydrogens is 679 g/mol. The van der Waals surface area contributed by atoms with Crippen LogP contribution in [0.4, 0.5) is 0 Å². The minimum Gasteiger partial charge on any atom is -0.208 e. The van der Waals surface area contributed by atoms with Crippen molar-refractivity contribution in [1.29, 1.82) is 0 Å². The van der Waals surface area contributed by atoms with E-state index in [2.05, 4.69) is 164 Å². The van der Waals surface area contributed by atoms with Gasteiger partial charge in [-0.3, -0.25) is 0 Å². The highest BCUT2D eigenvalue weighted by molar-refractivity contribution is 5.96. The Labute approximate surface area is 325 Å². The highest BCUT2D eigenvalue weighted by Crippen LogP contribution is 2.68. The molecule has 1 heterocycles. The van der Waals surface area contributed by atoms with E-state index in [1.807, 2.05) is 36.4 Å². The van der Waals surface area contributed by atoms with E-state index in [9.17, 15) is 0 Å². The van der Waals surface area contributed by atoms with Crippen LogP contribution in [-0.4, -0.2) is 15.0 Å². The van der Waals surface area contributed by atoms with Crippen molar-refractivity contribution >= 4 is 0 Å². The Kier molecular flexibility index (Phi) is 6.47. The molecule has 56 heavy (non-hydrogen) atoms. The summed E-state index contributed by atoms with van der Waals surface area (Å²) in [4.78, 5) is 15.2. The van der Waals surface area contributed by atoms with Gasteiger partial charge >= 0.3 is 0 Å². The van der Waals surface area contributed by atoms with Crippen molar-refractivity contribution in [2.45, 2.75) is 10.8 Å². The van der Waals surface area contributed by atoms with E-state index in [1.165, 1.54) is 66.8 Å². The van der Waals surface area contributed by atoms with Gasteiger partial charge in [0.05, 0.1) is 10.8 Å². The predicted octanol–water partition coefficient (Wildman–Crippen LogP) is 11.9. The SMILES string of the molecule is c1ccc(-c2nc(-c3ccccc3)nc(-c3ccc4c(c3)-c3ccccc3C43c4ccccc4C4(c5ccccc5)c5ccccc5-c5cccc3c54)n2)cc1. The topological polar surface area (TPSA) is 38.7 Å². The Morgan fingerprint density at radius 2 is 0.696 bits per heavy atom. The molecule has 260 valence electrons. The molecule has 0 saturated heterocycles. The molecule has 2 unspecified atom stereocenters. The van der Waals surface area contributed by atoms with Gasteiger partial charge in [-0.2, -0.15) is 0 Å². The lowest BCUT2D eigenvalue weighted by molar-refractivity contribution is 0.636. The lowest BCUT2D eigenvalue weighted by atomic mass is 9.52. The van der Waals surface area contributed by atoms with Gasteiger partial charge in [-0.15, -0.1) is 0 Å². The molecule has 8 aromatic carbocycles. The van der Waals surface area contributed by atoms with Crippen LogP contribution in [0, 0.1) is 0 Å². The first-order valence-electron chi connectivity index (χ1n) is 19.3. The van der Waals surface area contributed by atoms with Crippen LogP contribution in [0.5, 0.6) is 0 Å². The van der Waals surface area contributed by atoms with Crippen molar-refractivity contribution in [3.05, 3.63) is 245 Å². The van der Waals surface area contributed by atoms with Gasteiger partial charge < -0.3 is 0 Å². The normalized spacial score (nSPS) is 17.8. The first-order chi connectivity index (χ1) is 27.8. The summed E-state index contributed by atoms with van der Waals surface area (Å²) in [6.45, 7) is 0. The van der Waals surface area contributed by atoms with E-state index >= 15 is 0 Å². The third kappa shape index (κ3) is 3.99. The second-order valence-electron chi connectivity index (χ2n) is 15.0. The Hall–Kier alpha value is -7.23. The number of hydrogen-bond donors (Lipinski definition) is 0. The number of hydrogen-bond acceptors (Lipinski definition) is 3. The quantitative estimate of drug-likeness (QED) is 0.182. The van der Waals surface area contributed by atoms with Gasteiger partial charge in [-0.05, 0) is 72.8 Å². The van der Waals surface area contributed by atoms with Crippen LogP contribution >= 0.6 is 0 Å². The molecule has 3 aliphatic rings. The Bertz CT molecular complexity index is 2970. The maximum absolute atomic E-state index is 5.13. The van der Waals surface area contributed by atoms with E-state index < -0.39 is 10.8 Å². The van der Waals surface area contributed by atoms with E-state index in [0.717, 1.165) is 16.7 Å². The van der Waals surface area contributed by atoms with E-state index in [4.69, 9.17) is 15.0 Å². The summed E-state index contributed by atoms with van der Waals surface area (Å²) in [6.07, 6.45) is 0. The first kappa shape index (κ1) is 31.2. The van der Waals surface area contributed by atoms with Crippen molar-refractivity contribution in [1.82, 2.24) is 15.0 Å². The second kappa shape index (κ2) is 11.6. The van der Waals surface area contributed by atoms with Crippen LogP contribution in [0.1, 0.15) is 44.5 Å². The molecule has 0 saturated carbocycles. The molecule has 1 aromatic heterocycles. The number of aromatic nitrogens is 3. The second-order valence-corrected chi connectivity index (χ2v) is 15.0. The van der Waals surface area contributed by atoms with Crippen LogP contribution in [-0.2, 0) is 10.8 Å². The van der Waals surface area contributed by atoms with Gasteiger partial charge in [0, 0.05) is 16.7 Å². The minimum atomic E-state index is -0.545. The van der Waals surface area contributed by atoms with Gasteiger partial charge in [0.2, 0.25) is 0 Å². The third-order valence-corrected chi connectivity index (χ3v) is 12.4. The fraction of sp³-hybridized carbons (Fsp3) is 0.0377. The van der Waals surface area contributed by atoms with E-state index in [1.54, 1.807) is 0 Å². The Balaban J connectivity index is 1.15. The molecule has 0 bridgehead atoms. The fourth-order valence-corrected chi connectivity index (χ4v) is 10.3. The van der Waals surface area contributed by atoms with Crippen molar-refractivity contribution < 1.29 is 0 Å². The zero-order valence-corrected chi connectivity index (χ0v) is 30.4. The summed E-state index contributed by atoms with van der Waals surface area (Å²) in [5.41, 5.74) is 17.5. The van der Waals surface area contributed by atoms with Crippen LogP contribution < -0.4 is 0 Å². The van der Waals surface area contributed by atoms with Crippen LogP contribution in [0.15, 0.2) is 200 Å². The zero-order chi connectivity index (χ0) is 36.8. The largest absolute Gasteiger partial charge is 0.208 e. The smallest absolute Gasteiger partial charge is 0.164 e. The van der Waals surface area contributed by atoms with Crippen molar-refractivity contribution in [3.8, 4) is 56.4 Å².